The second-order valence-electron chi connectivity index (χ2n) is 6.76. The molecule has 2 heterocycles. The number of halogens is 3. The third kappa shape index (κ3) is 3.91. The van der Waals surface area contributed by atoms with Crippen molar-refractivity contribution in [1.29, 1.82) is 0 Å². The molecule has 2 aromatic rings. The van der Waals surface area contributed by atoms with Gasteiger partial charge in [-0.1, -0.05) is 0 Å². The molecule has 0 saturated carbocycles. The number of aromatic nitrogens is 1. The van der Waals surface area contributed by atoms with Gasteiger partial charge in [0.2, 0.25) is 0 Å². The number of carbonyl (C=O) groups is 2. The van der Waals surface area contributed by atoms with Crippen LogP contribution in [0.3, 0.4) is 0 Å². The molecule has 0 aliphatic carbocycles. The van der Waals surface area contributed by atoms with Crippen molar-refractivity contribution in [3.63, 3.8) is 0 Å². The van der Waals surface area contributed by atoms with Crippen molar-refractivity contribution < 1.29 is 27.5 Å². The molecule has 10 heteroatoms. The van der Waals surface area contributed by atoms with E-state index in [9.17, 15) is 22.8 Å². The van der Waals surface area contributed by atoms with Gasteiger partial charge in [-0.25, -0.2) is 9.59 Å². The first-order valence-corrected chi connectivity index (χ1v) is 8.76. The zero-order valence-corrected chi connectivity index (χ0v) is 15.2. The molecule has 1 fully saturated rings. The zero-order valence-electron chi connectivity index (χ0n) is 15.2. The van der Waals surface area contributed by atoms with Crippen LogP contribution in [0.5, 0.6) is 0 Å². The number of rotatable bonds is 3. The monoisotopic (exact) mass is 398 g/mol. The molecule has 152 valence electrons. The van der Waals surface area contributed by atoms with Gasteiger partial charge in [-0.2, -0.15) is 13.2 Å². The summed E-state index contributed by atoms with van der Waals surface area (Å²) < 4.78 is 43.9. The number of likely N-dealkylation sites (tertiary alicyclic amines) is 1. The maximum atomic E-state index is 13.1. The molecule has 1 aromatic heterocycles. The van der Waals surface area contributed by atoms with Crippen LogP contribution in [-0.2, 0) is 4.74 Å². The molecule has 28 heavy (non-hydrogen) atoms. The summed E-state index contributed by atoms with van der Waals surface area (Å²) in [6.07, 6.45) is -2.98. The Morgan fingerprint density at radius 2 is 2.14 bits per heavy atom. The lowest BCUT2D eigenvalue weighted by Gasteiger charge is -2.38. The number of fused-ring (bicyclic) bond motifs is 1. The fourth-order valence-electron chi connectivity index (χ4n) is 3.57. The fourth-order valence-corrected chi connectivity index (χ4v) is 3.57. The third-order valence-corrected chi connectivity index (χ3v) is 5.08. The number of urea groups is 1. The minimum absolute atomic E-state index is 0.00372. The van der Waals surface area contributed by atoms with E-state index in [1.54, 1.807) is 18.2 Å². The maximum absolute atomic E-state index is 13.1. The lowest BCUT2D eigenvalue weighted by atomic mass is 9.85. The van der Waals surface area contributed by atoms with Gasteiger partial charge in [0, 0.05) is 41.8 Å². The number of aromatic amines is 1. The van der Waals surface area contributed by atoms with Crippen LogP contribution < -0.4 is 11.1 Å². The van der Waals surface area contributed by atoms with E-state index < -0.39 is 30.0 Å². The topological polar surface area (TPSA) is 100 Å². The average molecular weight is 398 g/mol. The van der Waals surface area contributed by atoms with E-state index in [1.807, 2.05) is 0 Å². The van der Waals surface area contributed by atoms with Crippen LogP contribution in [0.4, 0.5) is 23.7 Å². The van der Waals surface area contributed by atoms with Crippen LogP contribution >= 0.6 is 0 Å². The Morgan fingerprint density at radius 1 is 1.39 bits per heavy atom. The normalized spacial score (nSPS) is 20.2. The summed E-state index contributed by atoms with van der Waals surface area (Å²) in [5.41, 5.74) is 6.95. The second kappa shape index (κ2) is 7.70. The van der Waals surface area contributed by atoms with E-state index >= 15 is 0 Å². The van der Waals surface area contributed by atoms with Crippen molar-refractivity contribution in [2.75, 3.05) is 32.1 Å². The quantitative estimate of drug-likeness (QED) is 0.692. The summed E-state index contributed by atoms with van der Waals surface area (Å²) in [5.74, 6) is -2.80. The van der Waals surface area contributed by atoms with Crippen molar-refractivity contribution in [2.45, 2.75) is 12.6 Å². The number of piperidine rings is 1. The van der Waals surface area contributed by atoms with E-state index in [-0.39, 0.29) is 26.1 Å². The minimum atomic E-state index is -4.32. The van der Waals surface area contributed by atoms with Gasteiger partial charge in [0.05, 0.1) is 18.6 Å². The lowest BCUT2D eigenvalue weighted by Crippen LogP contribution is -2.51. The Balaban J connectivity index is 1.70. The predicted molar refractivity (Wildman–Crippen MR) is 96.9 cm³/mol. The molecular formula is C18H21F3N4O3. The van der Waals surface area contributed by atoms with Crippen LogP contribution in [0, 0.1) is 11.8 Å². The van der Waals surface area contributed by atoms with Gasteiger partial charge in [-0.15, -0.1) is 0 Å². The molecular weight excluding hydrogens is 377 g/mol. The number of methoxy groups -OCH3 is 1. The number of nitrogens with one attached hydrogen (secondary N) is 2. The Hall–Kier alpha value is -2.75. The van der Waals surface area contributed by atoms with Crippen molar-refractivity contribution >= 4 is 28.6 Å². The molecule has 3 rings (SSSR count). The van der Waals surface area contributed by atoms with Crippen LogP contribution in [-0.4, -0.2) is 54.8 Å². The smallest absolute Gasteiger partial charge is 0.392 e. The Morgan fingerprint density at radius 3 is 2.79 bits per heavy atom. The van der Waals surface area contributed by atoms with Crippen molar-refractivity contribution in [1.82, 2.24) is 9.88 Å². The summed E-state index contributed by atoms with van der Waals surface area (Å²) in [5, 5.41) is 3.32. The number of benzene rings is 1. The number of carbonyl (C=O) groups excluding carboxylic acids is 2. The van der Waals surface area contributed by atoms with Gasteiger partial charge < -0.3 is 25.7 Å². The molecule has 1 aromatic carbocycles. The number of amides is 2. The van der Waals surface area contributed by atoms with Gasteiger partial charge in [0.15, 0.2) is 0 Å². The van der Waals surface area contributed by atoms with Gasteiger partial charge in [0.25, 0.3) is 0 Å². The first kappa shape index (κ1) is 20.0. The Kier molecular flexibility index (Phi) is 5.50. The minimum Gasteiger partial charge on any atom is -0.465 e. The highest BCUT2D eigenvalue weighted by molar-refractivity contribution is 6.05. The van der Waals surface area contributed by atoms with Crippen LogP contribution in [0.15, 0.2) is 24.4 Å². The molecule has 0 spiro atoms. The number of H-pyrrole nitrogens is 1. The zero-order chi connectivity index (χ0) is 20.5. The van der Waals surface area contributed by atoms with E-state index in [1.165, 1.54) is 18.2 Å². The Bertz CT molecular complexity index is 881. The van der Waals surface area contributed by atoms with Gasteiger partial charge in [-0.05, 0) is 31.2 Å². The highest BCUT2D eigenvalue weighted by Crippen LogP contribution is 2.37. The van der Waals surface area contributed by atoms with Crippen LogP contribution in [0.1, 0.15) is 16.8 Å². The number of esters is 1. The molecule has 2 atom stereocenters. The molecule has 1 aliphatic heterocycles. The van der Waals surface area contributed by atoms with E-state index in [0.29, 0.717) is 22.2 Å². The standard InChI is InChI=1S/C18H21F3N4O3/c1-28-16(26)13-8-23-15-6-11(2-3-12(13)15)24-17(27)25-5-4-14(18(19,20)21)10(7-22)9-25/h2-3,6,8,10,14,23H,4-5,7,9,22H2,1H3,(H,24,27). The molecule has 0 radical (unpaired) electrons. The molecule has 2 unspecified atom stereocenters. The molecule has 7 nitrogen and oxygen atoms in total. The van der Waals surface area contributed by atoms with Crippen molar-refractivity contribution in [3.8, 4) is 0 Å². The maximum Gasteiger partial charge on any atom is 0.392 e. The molecule has 1 saturated heterocycles. The van der Waals surface area contributed by atoms with E-state index in [2.05, 4.69) is 10.3 Å². The summed E-state index contributed by atoms with van der Waals surface area (Å²) in [4.78, 5) is 28.5. The van der Waals surface area contributed by atoms with Crippen LogP contribution in [0.2, 0.25) is 0 Å². The predicted octanol–water partition coefficient (Wildman–Crippen LogP) is 2.95. The van der Waals surface area contributed by atoms with E-state index in [0.717, 1.165) is 0 Å². The molecule has 0 bridgehead atoms. The van der Waals surface area contributed by atoms with Gasteiger partial charge in [-0.3, -0.25) is 0 Å². The fraction of sp³-hybridized carbons (Fsp3) is 0.444. The van der Waals surface area contributed by atoms with Crippen LogP contribution in [0.25, 0.3) is 10.9 Å². The number of anilines is 1. The highest BCUT2D eigenvalue weighted by Gasteiger charge is 2.47. The molecule has 1 aliphatic rings. The number of alkyl halides is 3. The highest BCUT2D eigenvalue weighted by atomic mass is 19.4. The summed E-state index contributed by atoms with van der Waals surface area (Å²) in [6.45, 7) is -0.188. The number of nitrogens with two attached hydrogens (primary N) is 1. The average Bonchev–Trinajstić information content (AvgIpc) is 3.09. The van der Waals surface area contributed by atoms with Gasteiger partial charge in [0.1, 0.15) is 0 Å². The first-order chi connectivity index (χ1) is 13.2. The first-order valence-electron chi connectivity index (χ1n) is 8.76. The van der Waals surface area contributed by atoms with E-state index in [4.69, 9.17) is 10.5 Å². The lowest BCUT2D eigenvalue weighted by molar-refractivity contribution is -0.197. The van der Waals surface area contributed by atoms with Gasteiger partial charge >= 0.3 is 18.2 Å². The second-order valence-corrected chi connectivity index (χ2v) is 6.76. The molecule has 4 N–H and O–H groups in total. The summed E-state index contributed by atoms with van der Waals surface area (Å²) in [6, 6.07) is 4.43. The molecule has 2 amide bonds. The van der Waals surface area contributed by atoms with Crippen molar-refractivity contribution in [3.05, 3.63) is 30.0 Å². The third-order valence-electron chi connectivity index (χ3n) is 5.08. The summed E-state index contributed by atoms with van der Waals surface area (Å²) >= 11 is 0. The number of hydrogen-bond donors (Lipinski definition) is 3. The van der Waals surface area contributed by atoms with Crippen molar-refractivity contribution in [2.24, 2.45) is 17.6 Å². The largest absolute Gasteiger partial charge is 0.465 e. The summed E-state index contributed by atoms with van der Waals surface area (Å²) in [7, 11) is 1.28. The number of nitrogens with zero attached hydrogens (tertiary/aromatic N) is 1. The number of hydrogen-bond acceptors (Lipinski definition) is 4. The SMILES string of the molecule is COC(=O)c1c[nH]c2cc(NC(=O)N3CCC(C(F)(F)F)C(CN)C3)ccc12. The number of ether oxygens (including phenoxy) is 1. The Labute approximate surface area is 159 Å².